The van der Waals surface area contributed by atoms with Crippen LogP contribution in [0.4, 0.5) is 5.69 Å². The van der Waals surface area contributed by atoms with Crippen molar-refractivity contribution in [1.82, 2.24) is 20.4 Å². The summed E-state index contributed by atoms with van der Waals surface area (Å²) in [6.45, 7) is 4.18. The van der Waals surface area contributed by atoms with Crippen LogP contribution in [0.5, 0.6) is 0 Å². The van der Waals surface area contributed by atoms with E-state index >= 15 is 0 Å². The van der Waals surface area contributed by atoms with Crippen LogP contribution in [0.2, 0.25) is 0 Å². The number of amides is 2. The van der Waals surface area contributed by atoms with Gasteiger partial charge in [0.15, 0.2) is 5.96 Å². The number of benzene rings is 1. The summed E-state index contributed by atoms with van der Waals surface area (Å²) in [4.78, 5) is 34.3. The van der Waals surface area contributed by atoms with Gasteiger partial charge in [0.05, 0.1) is 6.04 Å². The third-order valence-corrected chi connectivity index (χ3v) is 6.01. The zero-order chi connectivity index (χ0) is 22.2. The summed E-state index contributed by atoms with van der Waals surface area (Å²) in [5.41, 5.74) is 2.11. The summed E-state index contributed by atoms with van der Waals surface area (Å²) < 4.78 is 0. The molecule has 0 radical (unpaired) electrons. The minimum absolute atomic E-state index is 0. The van der Waals surface area contributed by atoms with E-state index in [4.69, 9.17) is 0 Å². The summed E-state index contributed by atoms with van der Waals surface area (Å²) in [7, 11) is 5.43. The second-order valence-corrected chi connectivity index (χ2v) is 8.45. The van der Waals surface area contributed by atoms with Crippen molar-refractivity contribution in [3.63, 3.8) is 0 Å². The lowest BCUT2D eigenvalue weighted by molar-refractivity contribution is -0.133. The second kappa shape index (κ2) is 13.0. The van der Waals surface area contributed by atoms with Crippen molar-refractivity contribution < 1.29 is 9.59 Å². The van der Waals surface area contributed by atoms with Crippen LogP contribution < -0.4 is 15.5 Å². The zero-order valence-corrected chi connectivity index (χ0v) is 21.8. The molecule has 178 valence electrons. The Hall–Kier alpha value is -1.88. The zero-order valence-electron chi connectivity index (χ0n) is 19.5. The monoisotopic (exact) mass is 556 g/mol. The second-order valence-electron chi connectivity index (χ2n) is 8.45. The summed E-state index contributed by atoms with van der Waals surface area (Å²) in [6, 6.07) is 8.16. The van der Waals surface area contributed by atoms with Gasteiger partial charge in [-0.15, -0.1) is 24.0 Å². The first-order valence-electron chi connectivity index (χ1n) is 11.3. The standard InChI is InChI=1S/C23H36N6O2.HI/c1-24-23(25-13-6-15-28-14-4-7-20(28)22(31)27(2)3)26-17-18-9-11-19(12-10-18)29-16-5-8-21(29)30;/h9-12,20H,4-8,13-17H2,1-3H3,(H2,24,25,26);1H. The molecule has 0 aliphatic carbocycles. The van der Waals surface area contributed by atoms with Crippen LogP contribution >= 0.6 is 24.0 Å². The SMILES string of the molecule is CN=C(NCCCN1CCCC1C(=O)N(C)C)NCc1ccc(N2CCCC2=O)cc1.I. The first-order valence-corrected chi connectivity index (χ1v) is 11.3. The van der Waals surface area contributed by atoms with E-state index in [9.17, 15) is 9.59 Å². The molecule has 0 saturated carbocycles. The van der Waals surface area contributed by atoms with Crippen LogP contribution in [-0.2, 0) is 16.1 Å². The minimum Gasteiger partial charge on any atom is -0.356 e. The van der Waals surface area contributed by atoms with Crippen molar-refractivity contribution in [2.24, 2.45) is 4.99 Å². The van der Waals surface area contributed by atoms with E-state index in [0.717, 1.165) is 69.1 Å². The topological polar surface area (TPSA) is 80.3 Å². The Labute approximate surface area is 208 Å². The molecular weight excluding hydrogens is 519 g/mol. The number of nitrogens with zero attached hydrogens (tertiary/aromatic N) is 4. The van der Waals surface area contributed by atoms with Crippen molar-refractivity contribution in [2.75, 3.05) is 52.2 Å². The van der Waals surface area contributed by atoms with Gasteiger partial charge in [0.1, 0.15) is 0 Å². The van der Waals surface area contributed by atoms with Crippen LogP contribution in [0, 0.1) is 0 Å². The summed E-state index contributed by atoms with van der Waals surface area (Å²) in [5.74, 6) is 1.19. The summed E-state index contributed by atoms with van der Waals surface area (Å²) in [6.07, 6.45) is 4.59. The van der Waals surface area contributed by atoms with Gasteiger partial charge in [0.25, 0.3) is 0 Å². The Kier molecular flexibility index (Phi) is 10.7. The van der Waals surface area contributed by atoms with Crippen LogP contribution in [0.3, 0.4) is 0 Å². The fourth-order valence-electron chi connectivity index (χ4n) is 4.28. The van der Waals surface area contributed by atoms with Crippen LogP contribution in [0.1, 0.15) is 37.7 Å². The van der Waals surface area contributed by atoms with Crippen molar-refractivity contribution in [3.8, 4) is 0 Å². The molecule has 2 aliphatic heterocycles. The Morgan fingerprint density at radius 1 is 1.16 bits per heavy atom. The number of anilines is 1. The average Bonchev–Trinajstić information content (AvgIpc) is 3.42. The lowest BCUT2D eigenvalue weighted by Crippen LogP contribution is -2.44. The van der Waals surface area contributed by atoms with E-state index in [2.05, 4.69) is 32.7 Å². The molecule has 2 saturated heterocycles. The molecule has 1 aromatic rings. The molecule has 2 amide bonds. The largest absolute Gasteiger partial charge is 0.356 e. The molecule has 1 aromatic carbocycles. The van der Waals surface area contributed by atoms with Crippen LogP contribution in [0.15, 0.2) is 29.3 Å². The number of hydrogen-bond donors (Lipinski definition) is 2. The number of rotatable bonds is 8. The van der Waals surface area contributed by atoms with Crippen molar-refractivity contribution in [1.29, 1.82) is 0 Å². The maximum atomic E-state index is 12.3. The number of carbonyl (C=O) groups is 2. The van der Waals surface area contributed by atoms with E-state index in [1.165, 1.54) is 0 Å². The number of likely N-dealkylation sites (N-methyl/N-ethyl adjacent to an activating group) is 1. The van der Waals surface area contributed by atoms with Gasteiger partial charge in [-0.1, -0.05) is 12.1 Å². The van der Waals surface area contributed by atoms with Crippen molar-refractivity contribution in [2.45, 2.75) is 44.7 Å². The van der Waals surface area contributed by atoms with Crippen LogP contribution in [0.25, 0.3) is 0 Å². The highest BCUT2D eigenvalue weighted by atomic mass is 127. The van der Waals surface area contributed by atoms with Crippen molar-refractivity contribution in [3.05, 3.63) is 29.8 Å². The fraction of sp³-hybridized carbons (Fsp3) is 0.609. The smallest absolute Gasteiger partial charge is 0.239 e. The number of nitrogens with one attached hydrogen (secondary N) is 2. The third kappa shape index (κ3) is 7.06. The van der Waals surface area contributed by atoms with Gasteiger partial charge >= 0.3 is 0 Å². The number of guanidine groups is 1. The number of likely N-dealkylation sites (tertiary alicyclic amines) is 1. The third-order valence-electron chi connectivity index (χ3n) is 6.01. The van der Waals surface area contributed by atoms with Gasteiger partial charge < -0.3 is 20.4 Å². The Morgan fingerprint density at radius 3 is 2.53 bits per heavy atom. The Bertz CT molecular complexity index is 783. The molecule has 2 aliphatic rings. The van der Waals surface area contributed by atoms with Gasteiger partial charge in [0, 0.05) is 59.4 Å². The first kappa shape index (κ1) is 26.4. The molecule has 2 fully saturated rings. The molecule has 3 rings (SSSR count). The van der Waals surface area contributed by atoms with E-state index in [0.29, 0.717) is 13.0 Å². The fourth-order valence-corrected chi connectivity index (χ4v) is 4.28. The van der Waals surface area contributed by atoms with E-state index in [1.54, 1.807) is 11.9 Å². The normalized spacial score (nSPS) is 19.1. The highest BCUT2D eigenvalue weighted by Crippen LogP contribution is 2.21. The Morgan fingerprint density at radius 2 is 1.91 bits per heavy atom. The summed E-state index contributed by atoms with van der Waals surface area (Å²) in [5, 5.41) is 6.69. The number of halogens is 1. The first-order chi connectivity index (χ1) is 15.0. The molecule has 1 atom stereocenters. The number of aliphatic imine (C=N–C) groups is 1. The lowest BCUT2D eigenvalue weighted by Gasteiger charge is -2.26. The molecule has 32 heavy (non-hydrogen) atoms. The predicted octanol–water partition coefficient (Wildman–Crippen LogP) is 2.04. The maximum absolute atomic E-state index is 12.3. The maximum Gasteiger partial charge on any atom is 0.239 e. The van der Waals surface area contributed by atoms with E-state index in [-0.39, 0.29) is 41.8 Å². The minimum atomic E-state index is 0. The predicted molar refractivity (Wildman–Crippen MR) is 140 cm³/mol. The highest BCUT2D eigenvalue weighted by molar-refractivity contribution is 14.0. The molecule has 2 N–H and O–H groups in total. The van der Waals surface area contributed by atoms with E-state index < -0.39 is 0 Å². The Balaban J connectivity index is 0.00000363. The van der Waals surface area contributed by atoms with Gasteiger partial charge in [-0.05, 0) is 49.9 Å². The molecule has 1 unspecified atom stereocenters. The van der Waals surface area contributed by atoms with Gasteiger partial charge in [-0.3, -0.25) is 19.5 Å². The molecule has 0 spiro atoms. The van der Waals surface area contributed by atoms with Crippen molar-refractivity contribution >= 4 is 47.4 Å². The van der Waals surface area contributed by atoms with Gasteiger partial charge in [0.2, 0.25) is 11.8 Å². The highest BCUT2D eigenvalue weighted by Gasteiger charge is 2.31. The number of carbonyl (C=O) groups excluding carboxylic acids is 2. The molecule has 9 heteroatoms. The lowest BCUT2D eigenvalue weighted by atomic mass is 10.2. The average molecular weight is 556 g/mol. The molecule has 8 nitrogen and oxygen atoms in total. The number of hydrogen-bond acceptors (Lipinski definition) is 4. The van der Waals surface area contributed by atoms with Gasteiger partial charge in [-0.25, -0.2) is 0 Å². The molecular formula is C23H37IN6O2. The quantitative estimate of drug-likeness (QED) is 0.222. The van der Waals surface area contributed by atoms with Crippen LogP contribution in [-0.4, -0.2) is 80.9 Å². The molecule has 0 aromatic heterocycles. The summed E-state index contributed by atoms with van der Waals surface area (Å²) >= 11 is 0. The molecule has 0 bridgehead atoms. The molecule has 2 heterocycles. The van der Waals surface area contributed by atoms with E-state index in [1.807, 2.05) is 31.1 Å². The van der Waals surface area contributed by atoms with Gasteiger partial charge in [-0.2, -0.15) is 0 Å².